The number of carboxylic acids is 2. The van der Waals surface area contributed by atoms with Gasteiger partial charge in [0.25, 0.3) is 0 Å². The molecule has 133 heavy (non-hydrogen) atoms. The number of primary amides is 1. The van der Waals surface area contributed by atoms with Gasteiger partial charge in [0, 0.05) is 52.1 Å². The summed E-state index contributed by atoms with van der Waals surface area (Å²) >= 11 is 0. The Kier molecular flexibility index (Phi) is 55.5. The minimum absolute atomic E-state index is 0.00571. The zero-order valence-corrected chi connectivity index (χ0v) is 75.2. The normalized spacial score (nSPS) is 15.9. The minimum Gasteiger partial charge on any atom is -0.481 e. The van der Waals surface area contributed by atoms with Gasteiger partial charge in [-0.2, -0.15) is 0 Å². The summed E-state index contributed by atoms with van der Waals surface area (Å²) in [6.07, 6.45) is -6.83. The maximum Gasteiger partial charge on any atom is 0.326 e. The third kappa shape index (κ3) is 46.8. The predicted molar refractivity (Wildman–Crippen MR) is 475 cm³/mol. The van der Waals surface area contributed by atoms with Gasteiger partial charge in [-0.05, 0) is 142 Å². The van der Waals surface area contributed by atoms with Gasteiger partial charge < -0.3 is 182 Å². The number of aliphatic hydroxyl groups is 4. The molecule has 0 unspecified atom stereocenters. The Balaban J connectivity index is 3.71. The highest BCUT2D eigenvalue weighted by Crippen LogP contribution is 2.22. The molecular formula is C76H139N33O24. The van der Waals surface area contributed by atoms with E-state index in [2.05, 4.69) is 101 Å². The lowest BCUT2D eigenvalue weighted by atomic mass is 9.98. The number of nitrogens with two attached hydrogens (primary N) is 8. The third-order valence-corrected chi connectivity index (χ3v) is 20.5. The molecule has 18 atom stereocenters. The zero-order chi connectivity index (χ0) is 101. The SMILES string of the molecule is CC[C@H](C)[C@H](NC(=O)[C@H](CCCNC(=N)N)NC(=O)[C@H](CCCNC(=N)N)NC(=O)CNC(=O)[C@H](CCCNC(=N)N)NC(=O)[C@@H]1CCCN1C(=O)[C@H](CCC(N)=O)NC(=O)[C@H](CO)NC(=O)[C@H](CCCNC(=N)N)NC(=O)[C@H](CCC(=O)O)NC(=O)[C@H](CO)NC(=O)[C@@H](NC(=O)[C@H](CCCCN)NC(=O)[C@H](CCCNC(=N)N)NC(=O)[C@@H](NC(=O)[C@H](C)N)[C@@H](C)O)[C@@H](C)O)C(=O)O. The van der Waals surface area contributed by atoms with Gasteiger partial charge in [0.05, 0.1) is 38.0 Å². The summed E-state index contributed by atoms with van der Waals surface area (Å²) in [6, 6.07) is -25.0. The molecule has 0 aromatic heterocycles. The van der Waals surface area contributed by atoms with Crippen LogP contribution in [-0.4, -0.2) is 340 Å². The van der Waals surface area contributed by atoms with E-state index in [0.29, 0.717) is 6.42 Å². The van der Waals surface area contributed by atoms with E-state index in [0.717, 1.165) is 11.8 Å². The molecule has 0 bridgehead atoms. The summed E-state index contributed by atoms with van der Waals surface area (Å²) in [7, 11) is 0. The molecule has 16 amide bonds. The maximum atomic E-state index is 14.7. The van der Waals surface area contributed by atoms with Gasteiger partial charge in [-0.1, -0.05) is 20.3 Å². The molecule has 0 aliphatic carbocycles. The molecule has 1 fully saturated rings. The van der Waals surface area contributed by atoms with Gasteiger partial charge in [-0.15, -0.1) is 0 Å². The summed E-state index contributed by atoms with van der Waals surface area (Å²) in [5, 5.41) is 146. The average molecular weight is 1900 g/mol. The summed E-state index contributed by atoms with van der Waals surface area (Å²) < 4.78 is 0. The number of unbranched alkanes of at least 4 members (excludes halogenated alkanes) is 1. The van der Waals surface area contributed by atoms with Crippen LogP contribution in [-0.2, 0) is 86.3 Å². The lowest BCUT2D eigenvalue weighted by molar-refractivity contribution is -0.144. The average Bonchev–Trinajstić information content (AvgIpc) is 1.71. The second-order valence-electron chi connectivity index (χ2n) is 31.5. The van der Waals surface area contributed by atoms with Crippen LogP contribution in [0.2, 0.25) is 0 Å². The summed E-state index contributed by atoms with van der Waals surface area (Å²) in [6.45, 7) is 3.08. The van der Waals surface area contributed by atoms with Crippen LogP contribution in [0.5, 0.6) is 0 Å². The molecule has 752 valence electrons. The number of carbonyl (C=O) groups excluding carboxylic acids is 16. The van der Waals surface area contributed by atoms with E-state index in [1.807, 2.05) is 0 Å². The number of likely N-dealkylation sites (tertiary alicyclic amines) is 1. The number of aliphatic carboxylic acids is 2. The number of carboxylic acid groups (broad SMARTS) is 2. The van der Waals surface area contributed by atoms with Crippen molar-refractivity contribution in [2.45, 2.75) is 266 Å². The van der Waals surface area contributed by atoms with E-state index >= 15 is 0 Å². The molecule has 1 saturated heterocycles. The van der Waals surface area contributed by atoms with Crippen molar-refractivity contribution in [1.29, 1.82) is 27.0 Å². The maximum absolute atomic E-state index is 14.7. The Morgan fingerprint density at radius 2 is 0.692 bits per heavy atom. The first-order valence-electron chi connectivity index (χ1n) is 43.2. The fourth-order valence-corrected chi connectivity index (χ4v) is 13.0. The molecule has 1 aliphatic rings. The molecule has 0 saturated carbocycles. The van der Waals surface area contributed by atoms with Crippen LogP contribution in [0.1, 0.15) is 163 Å². The van der Waals surface area contributed by atoms with Crippen molar-refractivity contribution >= 4 is 136 Å². The third-order valence-electron chi connectivity index (χ3n) is 20.5. The number of amides is 16. The van der Waals surface area contributed by atoms with E-state index < -0.39 is 297 Å². The summed E-state index contributed by atoms with van der Waals surface area (Å²) in [5.74, 6) is -23.4. The monoisotopic (exact) mass is 1900 g/mol. The van der Waals surface area contributed by atoms with E-state index in [4.69, 9.17) is 72.9 Å². The number of hydrogen-bond acceptors (Lipinski definition) is 29. The van der Waals surface area contributed by atoms with E-state index in [-0.39, 0.29) is 136 Å². The van der Waals surface area contributed by atoms with Gasteiger partial charge in [0.2, 0.25) is 94.5 Å². The fourth-order valence-electron chi connectivity index (χ4n) is 13.0. The molecule has 0 aromatic rings. The van der Waals surface area contributed by atoms with Crippen molar-refractivity contribution in [3.8, 4) is 0 Å². The predicted octanol–water partition coefficient (Wildman–Crippen LogP) is -14.8. The Morgan fingerprint density at radius 1 is 0.376 bits per heavy atom. The number of guanidine groups is 5. The lowest BCUT2D eigenvalue weighted by Gasteiger charge is -2.30. The second-order valence-corrected chi connectivity index (χ2v) is 31.5. The number of nitrogens with zero attached hydrogens (tertiary/aromatic N) is 1. The summed E-state index contributed by atoms with van der Waals surface area (Å²) in [5.41, 5.74) is 44.0. The van der Waals surface area contributed by atoms with Crippen LogP contribution in [0, 0.1) is 33.0 Å². The first-order valence-corrected chi connectivity index (χ1v) is 43.2. The quantitative estimate of drug-likeness (QED) is 0.0153. The van der Waals surface area contributed by atoms with Crippen LogP contribution in [0.3, 0.4) is 0 Å². The Bertz CT molecular complexity index is 3960. The van der Waals surface area contributed by atoms with Crippen LogP contribution in [0.4, 0.5) is 0 Å². The standard InChI is InChI=1S/C76H139N33O24/c1-6-36(2)54(71(132)133)106-63(124)45(20-13-31-94-76(88)89)99-59(120)41(17-10-28-91-73(82)83)96-52(115)33-95-58(119)40(16-9-27-90-72(80)81)101-67(128)50-21-14-32-109(50)70(131)47(22-24-51(79)114)103-66(127)48(34-110)104-61(122)43(18-11-29-92-74(84)85)98-62(123)46(23-25-53(116)117)100-65(126)49(35-111)105-69(130)56(39(5)113)108-64(125)42(15-7-8-26-77)97-60(121)44(19-12-30-93-75(86)87)102-68(129)55(38(4)112)107-57(118)37(3)78/h36-50,54-56,110-113H,6-35,77-78H2,1-5H3,(H2,79,114)(H,95,119)(H,96,115)(H,97,121)(H,98,123)(H,99,120)(H,100,126)(H,101,128)(H,102,129)(H,103,127)(H,104,122)(H,105,130)(H,106,124)(H,107,118)(H,108,125)(H,116,117)(H,132,133)(H4,80,81,90)(H4,82,83,91)(H4,84,85,92)(H4,86,87,93)(H4,88,89,94)/t36-,37-,38+,39+,40-,41-,42-,43-,44-,45-,46-,47-,48-,49-,50-,54-,55-,56-/m0/s1. The molecule has 57 nitrogen and oxygen atoms in total. The Labute approximate surface area is 766 Å². The number of carbonyl (C=O) groups is 18. The van der Waals surface area contributed by atoms with Crippen molar-refractivity contribution in [3.63, 3.8) is 0 Å². The number of aliphatic hydroxyl groups excluding tert-OH is 4. The molecule has 0 radical (unpaired) electrons. The van der Waals surface area contributed by atoms with E-state index in [1.165, 1.54) is 13.8 Å². The van der Waals surface area contributed by atoms with Crippen molar-refractivity contribution in [1.82, 2.24) is 106 Å². The van der Waals surface area contributed by atoms with Crippen LogP contribution >= 0.6 is 0 Å². The summed E-state index contributed by atoms with van der Waals surface area (Å²) in [4.78, 5) is 248. The molecule has 1 rings (SSSR count). The van der Waals surface area contributed by atoms with Crippen LogP contribution in [0.15, 0.2) is 0 Å². The highest BCUT2D eigenvalue weighted by atomic mass is 16.4. The molecule has 46 N–H and O–H groups in total. The van der Waals surface area contributed by atoms with Crippen molar-refractivity contribution in [2.75, 3.05) is 65.6 Å². The lowest BCUT2D eigenvalue weighted by Crippen LogP contribution is -2.63. The number of rotatable bonds is 66. The zero-order valence-electron chi connectivity index (χ0n) is 75.2. The van der Waals surface area contributed by atoms with Gasteiger partial charge >= 0.3 is 11.9 Å². The van der Waals surface area contributed by atoms with E-state index in [1.54, 1.807) is 13.8 Å². The number of nitrogens with one attached hydrogen (secondary N) is 24. The minimum atomic E-state index is -2.11. The van der Waals surface area contributed by atoms with Crippen molar-refractivity contribution in [3.05, 3.63) is 0 Å². The van der Waals surface area contributed by atoms with Crippen molar-refractivity contribution < 1.29 is 117 Å². The van der Waals surface area contributed by atoms with Crippen LogP contribution in [0.25, 0.3) is 0 Å². The number of hydrogen-bond donors (Lipinski definition) is 38. The largest absolute Gasteiger partial charge is 0.481 e. The Hall–Kier alpha value is -13.4. The molecule has 1 aliphatic heterocycles. The van der Waals surface area contributed by atoms with Gasteiger partial charge in [0.15, 0.2) is 29.8 Å². The molecule has 0 spiro atoms. The highest BCUT2D eigenvalue weighted by molar-refractivity contribution is 6.01. The molecule has 57 heteroatoms. The topological polar surface area (TPSA) is 988 Å². The second kappa shape index (κ2) is 62.8. The fraction of sp³-hybridized carbons (Fsp3) is 0.697. The highest BCUT2D eigenvalue weighted by Gasteiger charge is 2.43. The first-order chi connectivity index (χ1) is 62.5. The molecule has 1 heterocycles. The first kappa shape index (κ1) is 118. The van der Waals surface area contributed by atoms with Gasteiger partial charge in [-0.3, -0.25) is 109 Å². The van der Waals surface area contributed by atoms with Gasteiger partial charge in [0.1, 0.15) is 84.6 Å². The molecular weight excluding hydrogens is 1760 g/mol. The smallest absolute Gasteiger partial charge is 0.326 e. The molecule has 0 aromatic carbocycles. The van der Waals surface area contributed by atoms with E-state index in [9.17, 15) is 117 Å². The van der Waals surface area contributed by atoms with Crippen LogP contribution < -0.4 is 147 Å². The van der Waals surface area contributed by atoms with Gasteiger partial charge in [-0.25, -0.2) is 4.79 Å². The Morgan fingerprint density at radius 3 is 1.04 bits per heavy atom. The van der Waals surface area contributed by atoms with Crippen molar-refractivity contribution in [2.24, 2.45) is 51.8 Å².